The maximum atomic E-state index is 13.5. The molecule has 0 radical (unpaired) electrons. The molecule has 3 atom stereocenters. The van der Waals surface area contributed by atoms with Crippen LogP contribution in [-0.2, 0) is 16.0 Å². The highest BCUT2D eigenvalue weighted by atomic mass is 19.1. The van der Waals surface area contributed by atoms with Crippen molar-refractivity contribution < 1.29 is 14.0 Å². The van der Waals surface area contributed by atoms with E-state index in [1.807, 2.05) is 4.90 Å². The van der Waals surface area contributed by atoms with E-state index in [4.69, 9.17) is 10.5 Å². The first-order chi connectivity index (χ1) is 10.5. The summed E-state index contributed by atoms with van der Waals surface area (Å²) in [4.78, 5) is 22.5. The second kappa shape index (κ2) is 7.35. The van der Waals surface area contributed by atoms with E-state index in [-0.39, 0.29) is 24.2 Å². The van der Waals surface area contributed by atoms with Crippen LogP contribution in [0.1, 0.15) is 18.4 Å². The molecular weight excluding hydrogens is 285 g/mol. The van der Waals surface area contributed by atoms with E-state index in [9.17, 15) is 9.18 Å². The number of halogens is 1. The van der Waals surface area contributed by atoms with Crippen molar-refractivity contribution in [3.05, 3.63) is 35.6 Å². The molecule has 2 fully saturated rings. The zero-order valence-corrected chi connectivity index (χ0v) is 12.5. The summed E-state index contributed by atoms with van der Waals surface area (Å²) in [6, 6.07) is 6.30. The van der Waals surface area contributed by atoms with Crippen LogP contribution in [0.3, 0.4) is 0 Å². The Kier molecular flexibility index (Phi) is 5.49. The van der Waals surface area contributed by atoms with Crippen molar-refractivity contribution in [3.8, 4) is 0 Å². The molecule has 3 rings (SSSR count). The molecule has 0 spiro atoms. The molecule has 1 aliphatic carbocycles. The highest BCUT2D eigenvalue weighted by Crippen LogP contribution is 2.44. The average molecular weight is 307 g/mol. The van der Waals surface area contributed by atoms with Gasteiger partial charge < -0.3 is 16.4 Å². The number of rotatable bonds is 4. The molecule has 4 N–H and O–H groups in total. The van der Waals surface area contributed by atoms with Gasteiger partial charge in [-0.3, -0.25) is 9.59 Å². The second-order valence-corrected chi connectivity index (χ2v) is 5.95. The van der Waals surface area contributed by atoms with E-state index in [0.29, 0.717) is 18.4 Å². The van der Waals surface area contributed by atoms with Gasteiger partial charge in [0.1, 0.15) is 5.82 Å². The Bertz CT molecular complexity index is 528. The third kappa shape index (κ3) is 4.27. The summed E-state index contributed by atoms with van der Waals surface area (Å²) < 4.78 is 13.5. The number of fused-ring (bicyclic) bond motifs is 1. The van der Waals surface area contributed by atoms with Crippen molar-refractivity contribution >= 4 is 12.3 Å². The maximum Gasteiger partial charge on any atom is 0.224 e. The first kappa shape index (κ1) is 16.4. The minimum absolute atomic E-state index is 0.121. The normalized spacial score (nSPS) is 23.1. The number of nitrogens with two attached hydrogens (primary N) is 2. The van der Waals surface area contributed by atoms with E-state index in [1.165, 1.54) is 12.5 Å². The van der Waals surface area contributed by atoms with E-state index >= 15 is 0 Å². The zero-order valence-electron chi connectivity index (χ0n) is 12.5. The van der Waals surface area contributed by atoms with Gasteiger partial charge in [0.25, 0.3) is 0 Å². The Balaban J connectivity index is 0.000000545. The number of likely N-dealkylation sites (tertiary alicyclic amines) is 1. The SMILES string of the molecule is NC=O.N[C@@H](CC(=O)N1CC2CC2C1)Cc1ccccc1F. The monoisotopic (exact) mass is 307 g/mol. The zero-order chi connectivity index (χ0) is 16.1. The third-order valence-electron chi connectivity index (χ3n) is 4.21. The van der Waals surface area contributed by atoms with Gasteiger partial charge >= 0.3 is 0 Å². The molecule has 2 aliphatic rings. The number of hydrogen-bond donors (Lipinski definition) is 2. The number of hydrogen-bond acceptors (Lipinski definition) is 3. The van der Waals surface area contributed by atoms with Crippen LogP contribution in [0.15, 0.2) is 24.3 Å². The van der Waals surface area contributed by atoms with Gasteiger partial charge in [-0.15, -0.1) is 0 Å². The summed E-state index contributed by atoms with van der Waals surface area (Å²) in [5.74, 6) is 1.36. The molecule has 2 amide bonds. The second-order valence-electron chi connectivity index (χ2n) is 5.95. The molecule has 22 heavy (non-hydrogen) atoms. The molecule has 1 saturated carbocycles. The first-order valence-corrected chi connectivity index (χ1v) is 7.47. The molecule has 120 valence electrons. The summed E-state index contributed by atoms with van der Waals surface area (Å²) >= 11 is 0. The predicted molar refractivity (Wildman–Crippen MR) is 81.1 cm³/mol. The van der Waals surface area contributed by atoms with Gasteiger partial charge in [-0.1, -0.05) is 18.2 Å². The summed E-state index contributed by atoms with van der Waals surface area (Å²) in [6.07, 6.45) is 2.26. The van der Waals surface area contributed by atoms with Gasteiger partial charge in [-0.25, -0.2) is 4.39 Å². The maximum absolute atomic E-state index is 13.5. The van der Waals surface area contributed by atoms with Crippen molar-refractivity contribution in [2.45, 2.75) is 25.3 Å². The van der Waals surface area contributed by atoms with Crippen LogP contribution >= 0.6 is 0 Å². The van der Waals surface area contributed by atoms with Gasteiger partial charge in [0.2, 0.25) is 12.3 Å². The van der Waals surface area contributed by atoms with Crippen LogP contribution < -0.4 is 11.5 Å². The Morgan fingerprint density at radius 2 is 1.95 bits per heavy atom. The molecule has 1 aliphatic heterocycles. The molecule has 0 bridgehead atoms. The third-order valence-corrected chi connectivity index (χ3v) is 4.21. The lowest BCUT2D eigenvalue weighted by molar-refractivity contribution is -0.131. The molecule has 1 heterocycles. The van der Waals surface area contributed by atoms with Crippen LogP contribution in [-0.4, -0.2) is 36.3 Å². The minimum atomic E-state index is -0.304. The van der Waals surface area contributed by atoms with Crippen molar-refractivity contribution in [2.75, 3.05) is 13.1 Å². The van der Waals surface area contributed by atoms with Crippen LogP contribution in [0, 0.1) is 17.7 Å². The fraction of sp³-hybridized carbons (Fsp3) is 0.500. The molecule has 1 saturated heterocycles. The number of piperidine rings is 1. The van der Waals surface area contributed by atoms with E-state index in [0.717, 1.165) is 24.9 Å². The van der Waals surface area contributed by atoms with Crippen molar-refractivity contribution in [2.24, 2.45) is 23.3 Å². The summed E-state index contributed by atoms with van der Waals surface area (Å²) in [5.41, 5.74) is 10.7. The van der Waals surface area contributed by atoms with E-state index < -0.39 is 0 Å². The Hall–Kier alpha value is -1.95. The first-order valence-electron chi connectivity index (χ1n) is 7.47. The molecule has 5 nitrogen and oxygen atoms in total. The number of carbonyl (C=O) groups excluding carboxylic acids is 2. The molecule has 6 heteroatoms. The van der Waals surface area contributed by atoms with Crippen LogP contribution in [0.5, 0.6) is 0 Å². The Labute approximate surface area is 129 Å². The van der Waals surface area contributed by atoms with Crippen LogP contribution in [0.25, 0.3) is 0 Å². The summed E-state index contributed by atoms with van der Waals surface area (Å²) in [7, 11) is 0. The molecular formula is C16H22FN3O2. The largest absolute Gasteiger partial charge is 0.372 e. The van der Waals surface area contributed by atoms with Gasteiger partial charge in [0.05, 0.1) is 0 Å². The van der Waals surface area contributed by atoms with Crippen LogP contribution in [0.4, 0.5) is 4.39 Å². The molecule has 2 unspecified atom stereocenters. The van der Waals surface area contributed by atoms with Crippen molar-refractivity contribution in [1.82, 2.24) is 4.90 Å². The van der Waals surface area contributed by atoms with Gasteiger partial charge in [0.15, 0.2) is 0 Å². The summed E-state index contributed by atoms with van der Waals surface area (Å²) in [6.45, 7) is 1.80. The number of benzene rings is 1. The highest BCUT2D eigenvalue weighted by molar-refractivity contribution is 5.77. The summed E-state index contributed by atoms with van der Waals surface area (Å²) in [5, 5.41) is 0. The highest BCUT2D eigenvalue weighted by Gasteiger charge is 2.46. The van der Waals surface area contributed by atoms with Gasteiger partial charge in [-0.2, -0.15) is 0 Å². The number of amides is 2. The standard InChI is InChI=1S/C15H19FN2O.CH3NO/c16-14-4-2-1-3-10(14)6-13(17)7-15(19)18-8-11-5-12(11)9-18;2-1-3/h1-4,11-13H,5-9,17H2;1H,(H2,2,3)/t11?,12?,13-;/m1./s1. The lowest BCUT2D eigenvalue weighted by Crippen LogP contribution is -2.36. The number of primary amides is 1. The quantitative estimate of drug-likeness (QED) is 0.801. The van der Waals surface area contributed by atoms with E-state index in [1.54, 1.807) is 18.2 Å². The minimum Gasteiger partial charge on any atom is -0.372 e. The molecule has 1 aromatic carbocycles. The van der Waals surface area contributed by atoms with Crippen LogP contribution in [0.2, 0.25) is 0 Å². The fourth-order valence-electron chi connectivity index (χ4n) is 2.97. The van der Waals surface area contributed by atoms with Gasteiger partial charge in [-0.05, 0) is 36.3 Å². The average Bonchev–Trinajstić information content (AvgIpc) is 3.08. The number of carbonyl (C=O) groups is 2. The predicted octanol–water partition coefficient (Wildman–Crippen LogP) is 0.665. The lowest BCUT2D eigenvalue weighted by atomic mass is 10.0. The van der Waals surface area contributed by atoms with E-state index in [2.05, 4.69) is 5.73 Å². The Morgan fingerprint density at radius 3 is 2.55 bits per heavy atom. The molecule has 0 aromatic heterocycles. The molecule has 1 aromatic rings. The smallest absolute Gasteiger partial charge is 0.224 e. The number of nitrogens with zero attached hydrogens (tertiary/aromatic N) is 1. The topological polar surface area (TPSA) is 89.4 Å². The van der Waals surface area contributed by atoms with Crippen molar-refractivity contribution in [3.63, 3.8) is 0 Å². The van der Waals surface area contributed by atoms with Crippen molar-refractivity contribution in [1.29, 1.82) is 0 Å². The lowest BCUT2D eigenvalue weighted by Gasteiger charge is -2.20. The van der Waals surface area contributed by atoms with Gasteiger partial charge in [0, 0.05) is 25.6 Å². The Morgan fingerprint density at radius 1 is 1.36 bits per heavy atom. The fourth-order valence-corrected chi connectivity index (χ4v) is 2.97.